The van der Waals surface area contributed by atoms with Crippen LogP contribution in [0.5, 0.6) is 0 Å². The Bertz CT molecular complexity index is 620. The molecule has 0 heterocycles. The predicted molar refractivity (Wildman–Crippen MR) is 68.0 cm³/mol. The third kappa shape index (κ3) is 3.66. The van der Waals surface area contributed by atoms with Crippen molar-refractivity contribution in [3.05, 3.63) is 65.5 Å². The van der Waals surface area contributed by atoms with Crippen molar-refractivity contribution >= 4 is 10.8 Å². The highest BCUT2D eigenvalue weighted by Gasteiger charge is 2.29. The van der Waals surface area contributed by atoms with E-state index in [4.69, 9.17) is 0 Å². The first kappa shape index (κ1) is 14.7. The van der Waals surface area contributed by atoms with E-state index in [1.165, 1.54) is 30.3 Å². The lowest BCUT2D eigenvalue weighted by Crippen LogP contribution is -2.05. The molecule has 0 fully saturated rings. The molecule has 2 aromatic carbocycles. The number of alkyl halides is 3. The molecule has 0 aliphatic rings. The van der Waals surface area contributed by atoms with E-state index in [0.717, 1.165) is 18.2 Å². The summed E-state index contributed by atoms with van der Waals surface area (Å²) < 4.78 is 62.1. The fourth-order valence-electron chi connectivity index (χ4n) is 1.63. The second-order valence-electron chi connectivity index (χ2n) is 4.14. The van der Waals surface area contributed by atoms with Crippen molar-refractivity contribution in [3.63, 3.8) is 0 Å². The summed E-state index contributed by atoms with van der Waals surface area (Å²) in [4.78, 5) is 0.310. The van der Waals surface area contributed by atoms with Gasteiger partial charge in [-0.2, -0.15) is 13.2 Å². The average molecular weight is 302 g/mol. The molecule has 0 saturated carbocycles. The molecule has 0 aliphatic heterocycles. The fourth-order valence-corrected chi connectivity index (χ4v) is 2.77. The topological polar surface area (TPSA) is 17.1 Å². The zero-order valence-corrected chi connectivity index (χ0v) is 11.0. The first-order chi connectivity index (χ1) is 9.36. The lowest BCUT2D eigenvalue weighted by molar-refractivity contribution is -0.137. The standard InChI is InChI=1S/C14H10F4OS/c15-12-2-1-3-13(8-12)20(19)9-10-4-6-11(7-5-10)14(16,17)18/h1-8H,9H2. The van der Waals surface area contributed by atoms with Crippen LogP contribution in [-0.4, -0.2) is 4.21 Å². The normalized spacial score (nSPS) is 13.2. The maximum absolute atomic E-state index is 13.0. The summed E-state index contributed by atoms with van der Waals surface area (Å²) in [6.45, 7) is 0. The number of rotatable bonds is 3. The highest BCUT2D eigenvalue weighted by molar-refractivity contribution is 7.84. The molecule has 6 heteroatoms. The van der Waals surface area contributed by atoms with Gasteiger partial charge in [-0.15, -0.1) is 0 Å². The predicted octanol–water partition coefficient (Wildman–Crippen LogP) is 4.15. The van der Waals surface area contributed by atoms with Crippen LogP contribution >= 0.6 is 0 Å². The summed E-state index contributed by atoms with van der Waals surface area (Å²) in [5.74, 6) is -0.454. The van der Waals surface area contributed by atoms with Gasteiger partial charge in [-0.1, -0.05) is 18.2 Å². The first-order valence-electron chi connectivity index (χ1n) is 5.66. The van der Waals surface area contributed by atoms with E-state index >= 15 is 0 Å². The van der Waals surface area contributed by atoms with Gasteiger partial charge in [-0.3, -0.25) is 4.21 Å². The molecule has 1 nitrogen and oxygen atoms in total. The Morgan fingerprint density at radius 3 is 2.20 bits per heavy atom. The Balaban J connectivity index is 2.12. The number of halogens is 4. The van der Waals surface area contributed by atoms with Crippen LogP contribution in [0, 0.1) is 5.82 Å². The van der Waals surface area contributed by atoms with Gasteiger partial charge in [0.25, 0.3) is 0 Å². The maximum atomic E-state index is 13.0. The highest BCUT2D eigenvalue weighted by Crippen LogP contribution is 2.29. The molecule has 0 spiro atoms. The zero-order chi connectivity index (χ0) is 14.8. The first-order valence-corrected chi connectivity index (χ1v) is 6.98. The fraction of sp³-hybridized carbons (Fsp3) is 0.143. The molecule has 0 N–H and O–H groups in total. The zero-order valence-electron chi connectivity index (χ0n) is 10.2. The van der Waals surface area contributed by atoms with Gasteiger partial charge in [0.1, 0.15) is 5.82 Å². The molecule has 106 valence electrons. The molecule has 0 saturated heterocycles. The summed E-state index contributed by atoms with van der Waals surface area (Å²) in [6, 6.07) is 9.79. The maximum Gasteiger partial charge on any atom is 0.416 e. The van der Waals surface area contributed by atoms with Gasteiger partial charge >= 0.3 is 6.18 Å². The van der Waals surface area contributed by atoms with Crippen LogP contribution in [0.2, 0.25) is 0 Å². The van der Waals surface area contributed by atoms with E-state index in [1.807, 2.05) is 0 Å². The summed E-state index contributed by atoms with van der Waals surface area (Å²) in [7, 11) is -1.49. The minimum atomic E-state index is -4.39. The molecule has 0 aromatic heterocycles. The summed E-state index contributed by atoms with van der Waals surface area (Å²) >= 11 is 0. The van der Waals surface area contributed by atoms with Crippen LogP contribution in [0.15, 0.2) is 53.4 Å². The van der Waals surface area contributed by atoms with Gasteiger partial charge in [0.15, 0.2) is 0 Å². The van der Waals surface area contributed by atoms with Crippen molar-refractivity contribution in [1.82, 2.24) is 0 Å². The van der Waals surface area contributed by atoms with Gasteiger partial charge in [0, 0.05) is 4.90 Å². The number of benzene rings is 2. The van der Waals surface area contributed by atoms with E-state index < -0.39 is 28.4 Å². The third-order valence-electron chi connectivity index (χ3n) is 2.64. The van der Waals surface area contributed by atoms with Crippen molar-refractivity contribution in [2.75, 3.05) is 0 Å². The van der Waals surface area contributed by atoms with E-state index in [2.05, 4.69) is 0 Å². The van der Waals surface area contributed by atoms with E-state index in [0.29, 0.717) is 10.5 Å². The molecular formula is C14H10F4OS. The lowest BCUT2D eigenvalue weighted by Gasteiger charge is -2.07. The number of hydrogen-bond acceptors (Lipinski definition) is 1. The molecule has 2 aromatic rings. The SMILES string of the molecule is O=S(Cc1ccc(C(F)(F)F)cc1)c1cccc(F)c1. The van der Waals surface area contributed by atoms with Crippen LogP contribution in [0.25, 0.3) is 0 Å². The van der Waals surface area contributed by atoms with Crippen molar-refractivity contribution < 1.29 is 21.8 Å². The summed E-state index contributed by atoms with van der Waals surface area (Å²) in [5.41, 5.74) is -0.251. The van der Waals surface area contributed by atoms with E-state index in [1.54, 1.807) is 0 Å². The molecule has 1 atom stereocenters. The van der Waals surface area contributed by atoms with Crippen molar-refractivity contribution in [1.29, 1.82) is 0 Å². The quantitative estimate of drug-likeness (QED) is 0.778. The van der Waals surface area contributed by atoms with Gasteiger partial charge in [-0.05, 0) is 35.9 Å². The Morgan fingerprint density at radius 1 is 1.00 bits per heavy atom. The van der Waals surface area contributed by atoms with Crippen LogP contribution in [0.4, 0.5) is 17.6 Å². The monoisotopic (exact) mass is 302 g/mol. The average Bonchev–Trinajstić information content (AvgIpc) is 2.38. The molecule has 20 heavy (non-hydrogen) atoms. The van der Waals surface area contributed by atoms with Gasteiger partial charge in [0.2, 0.25) is 0 Å². The van der Waals surface area contributed by atoms with E-state index in [-0.39, 0.29) is 5.75 Å². The van der Waals surface area contributed by atoms with Gasteiger partial charge in [-0.25, -0.2) is 4.39 Å². The van der Waals surface area contributed by atoms with Gasteiger partial charge < -0.3 is 0 Å². The largest absolute Gasteiger partial charge is 0.416 e. The van der Waals surface area contributed by atoms with Crippen LogP contribution < -0.4 is 0 Å². The molecular weight excluding hydrogens is 292 g/mol. The van der Waals surface area contributed by atoms with Gasteiger partial charge in [0.05, 0.1) is 22.1 Å². The second kappa shape index (κ2) is 5.75. The third-order valence-corrected chi connectivity index (χ3v) is 4.01. The van der Waals surface area contributed by atoms with Crippen molar-refractivity contribution in [2.24, 2.45) is 0 Å². The highest BCUT2D eigenvalue weighted by atomic mass is 32.2. The molecule has 2 rings (SSSR count). The second-order valence-corrected chi connectivity index (χ2v) is 5.59. The summed E-state index contributed by atoms with van der Waals surface area (Å²) in [5, 5.41) is 0. The number of hydrogen-bond donors (Lipinski definition) is 0. The Hall–Kier alpha value is -1.69. The Labute approximate surface area is 115 Å². The van der Waals surface area contributed by atoms with Crippen LogP contribution in [-0.2, 0) is 22.7 Å². The van der Waals surface area contributed by atoms with Crippen LogP contribution in [0.3, 0.4) is 0 Å². The Kier molecular flexibility index (Phi) is 4.23. The minimum absolute atomic E-state index is 0.0432. The molecule has 0 amide bonds. The molecule has 1 unspecified atom stereocenters. The van der Waals surface area contributed by atoms with E-state index in [9.17, 15) is 21.8 Å². The molecule has 0 bridgehead atoms. The lowest BCUT2D eigenvalue weighted by atomic mass is 10.1. The smallest absolute Gasteiger partial charge is 0.254 e. The minimum Gasteiger partial charge on any atom is -0.254 e. The molecule has 0 aliphatic carbocycles. The van der Waals surface area contributed by atoms with Crippen molar-refractivity contribution in [3.8, 4) is 0 Å². The van der Waals surface area contributed by atoms with Crippen LogP contribution in [0.1, 0.15) is 11.1 Å². The summed E-state index contributed by atoms with van der Waals surface area (Å²) in [6.07, 6.45) is -4.39. The molecule has 0 radical (unpaired) electrons. The Morgan fingerprint density at radius 2 is 1.65 bits per heavy atom. The van der Waals surface area contributed by atoms with Crippen molar-refractivity contribution in [2.45, 2.75) is 16.8 Å².